The number of ether oxygens (including phenoxy) is 1. The fourth-order valence-electron chi connectivity index (χ4n) is 1.24. The number of carboxylic acid groups (broad SMARTS) is 1. The summed E-state index contributed by atoms with van der Waals surface area (Å²) < 4.78 is 5.39. The van der Waals surface area contributed by atoms with Gasteiger partial charge < -0.3 is 15.6 Å². The van der Waals surface area contributed by atoms with Gasteiger partial charge in [-0.2, -0.15) is 0 Å². The van der Waals surface area contributed by atoms with Gasteiger partial charge in [-0.1, -0.05) is 6.08 Å². The second-order valence-corrected chi connectivity index (χ2v) is 4.70. The van der Waals surface area contributed by atoms with Crippen LogP contribution in [0.5, 0.6) is 5.75 Å². The average molecular weight is 267 g/mol. The van der Waals surface area contributed by atoms with Gasteiger partial charge in [0.2, 0.25) is 0 Å². The summed E-state index contributed by atoms with van der Waals surface area (Å²) >= 11 is 1.49. The van der Waals surface area contributed by atoms with Crippen LogP contribution < -0.4 is 10.5 Å². The van der Waals surface area contributed by atoms with Crippen molar-refractivity contribution < 1.29 is 14.6 Å². The Bertz CT molecular complexity index is 458. The predicted molar refractivity (Wildman–Crippen MR) is 74.1 cm³/mol. The molecular weight excluding hydrogens is 250 g/mol. The Labute approximate surface area is 111 Å². The lowest BCUT2D eigenvalue weighted by Crippen LogP contribution is -1.97. The summed E-state index contributed by atoms with van der Waals surface area (Å²) in [7, 11) is 0. The van der Waals surface area contributed by atoms with Crippen LogP contribution in [0.25, 0.3) is 0 Å². The van der Waals surface area contributed by atoms with Crippen LogP contribution >= 0.6 is 11.8 Å². The topological polar surface area (TPSA) is 72.5 Å². The summed E-state index contributed by atoms with van der Waals surface area (Å²) in [4.78, 5) is 11.5. The largest absolute Gasteiger partial charge is 0.494 e. The van der Waals surface area contributed by atoms with Crippen LogP contribution in [0, 0.1) is 0 Å². The molecule has 0 atom stereocenters. The van der Waals surface area contributed by atoms with E-state index in [-0.39, 0.29) is 0 Å². The van der Waals surface area contributed by atoms with E-state index < -0.39 is 5.97 Å². The van der Waals surface area contributed by atoms with Crippen LogP contribution in [0.3, 0.4) is 0 Å². The molecule has 0 aliphatic rings. The molecule has 0 radical (unpaired) electrons. The zero-order valence-electron chi connectivity index (χ0n) is 10.5. The smallest absolute Gasteiger partial charge is 0.330 e. The number of carbonyl (C=O) groups is 1. The molecule has 0 aromatic heterocycles. The van der Waals surface area contributed by atoms with Crippen molar-refractivity contribution in [3.8, 4) is 5.75 Å². The summed E-state index contributed by atoms with van der Waals surface area (Å²) in [5, 5.41) is 8.73. The minimum atomic E-state index is -0.897. The van der Waals surface area contributed by atoms with Crippen LogP contribution in [-0.4, -0.2) is 23.4 Å². The molecule has 3 N–H and O–H groups in total. The number of rotatable bonds is 6. The summed E-state index contributed by atoms with van der Waals surface area (Å²) in [6.45, 7) is 4.09. The van der Waals surface area contributed by atoms with Gasteiger partial charge in [0.1, 0.15) is 5.75 Å². The first kappa shape index (κ1) is 14.4. The van der Waals surface area contributed by atoms with Crippen molar-refractivity contribution in [2.24, 2.45) is 0 Å². The number of thioether (sulfide) groups is 1. The lowest BCUT2D eigenvalue weighted by Gasteiger charge is -2.08. The monoisotopic (exact) mass is 267 g/mol. The standard InChI is InChI=1S/C13H17NO3S/c1-3-17-10-4-5-11(14)12(8-10)18-7-6-9(2)13(15)16/h4-6,8H,3,7,14H2,1-2H3,(H,15,16). The van der Waals surface area contributed by atoms with Crippen molar-refractivity contribution in [3.63, 3.8) is 0 Å². The molecule has 0 unspecified atom stereocenters. The molecule has 1 aromatic carbocycles. The SMILES string of the molecule is CCOc1ccc(N)c(SCC=C(C)C(=O)O)c1. The second-order valence-electron chi connectivity index (χ2n) is 3.64. The van der Waals surface area contributed by atoms with E-state index in [0.717, 1.165) is 10.6 Å². The first-order valence-corrected chi connectivity index (χ1v) is 6.58. The third-order valence-corrected chi connectivity index (χ3v) is 3.26. The highest BCUT2D eigenvalue weighted by molar-refractivity contribution is 7.99. The lowest BCUT2D eigenvalue weighted by atomic mass is 10.3. The number of nitrogen functional groups attached to an aromatic ring is 1. The summed E-state index contributed by atoms with van der Waals surface area (Å²) in [5.74, 6) is 0.442. The quantitative estimate of drug-likeness (QED) is 0.471. The van der Waals surface area contributed by atoms with Gasteiger partial charge in [0, 0.05) is 21.9 Å². The van der Waals surface area contributed by atoms with Gasteiger partial charge in [0.25, 0.3) is 0 Å². The second kappa shape index (κ2) is 6.96. The minimum absolute atomic E-state index is 0.335. The highest BCUT2D eigenvalue weighted by Gasteiger charge is 2.03. The van der Waals surface area contributed by atoms with E-state index in [1.807, 2.05) is 19.1 Å². The lowest BCUT2D eigenvalue weighted by molar-refractivity contribution is -0.132. The molecule has 0 fully saturated rings. The molecule has 0 spiro atoms. The number of hydrogen-bond donors (Lipinski definition) is 2. The summed E-state index contributed by atoms with van der Waals surface area (Å²) in [6, 6.07) is 5.48. The molecule has 5 heteroatoms. The van der Waals surface area contributed by atoms with Crippen molar-refractivity contribution in [1.29, 1.82) is 0 Å². The Morgan fingerprint density at radius 3 is 2.89 bits per heavy atom. The van der Waals surface area contributed by atoms with Gasteiger partial charge in [0.05, 0.1) is 6.61 Å². The molecule has 18 heavy (non-hydrogen) atoms. The Morgan fingerprint density at radius 1 is 1.56 bits per heavy atom. The number of nitrogens with two attached hydrogens (primary N) is 1. The molecular formula is C13H17NO3S. The van der Waals surface area contributed by atoms with Crippen molar-refractivity contribution in [2.75, 3.05) is 18.1 Å². The molecule has 0 bridgehead atoms. The zero-order chi connectivity index (χ0) is 13.5. The minimum Gasteiger partial charge on any atom is -0.494 e. The van der Waals surface area contributed by atoms with E-state index in [0.29, 0.717) is 23.6 Å². The maximum atomic E-state index is 10.6. The van der Waals surface area contributed by atoms with E-state index in [9.17, 15) is 4.79 Å². The number of carboxylic acids is 1. The van der Waals surface area contributed by atoms with Gasteiger partial charge in [-0.05, 0) is 32.0 Å². The average Bonchev–Trinajstić information content (AvgIpc) is 2.33. The molecule has 4 nitrogen and oxygen atoms in total. The van der Waals surface area contributed by atoms with Crippen LogP contribution in [0.4, 0.5) is 5.69 Å². The highest BCUT2D eigenvalue weighted by Crippen LogP contribution is 2.29. The molecule has 0 saturated heterocycles. The molecule has 0 saturated carbocycles. The number of anilines is 1. The van der Waals surface area contributed by atoms with E-state index >= 15 is 0 Å². The van der Waals surface area contributed by atoms with Crippen molar-refractivity contribution in [3.05, 3.63) is 29.8 Å². The van der Waals surface area contributed by atoms with Gasteiger partial charge in [0.15, 0.2) is 0 Å². The van der Waals surface area contributed by atoms with Crippen LogP contribution in [0.2, 0.25) is 0 Å². The third kappa shape index (κ3) is 4.33. The van der Waals surface area contributed by atoms with Gasteiger partial charge >= 0.3 is 5.97 Å². The number of benzene rings is 1. The van der Waals surface area contributed by atoms with Crippen molar-refractivity contribution in [2.45, 2.75) is 18.7 Å². The molecule has 1 rings (SSSR count). The number of hydrogen-bond acceptors (Lipinski definition) is 4. The van der Waals surface area contributed by atoms with Crippen molar-refractivity contribution >= 4 is 23.4 Å². The third-order valence-electron chi connectivity index (χ3n) is 2.26. The van der Waals surface area contributed by atoms with E-state index in [2.05, 4.69) is 0 Å². The summed E-state index contributed by atoms with van der Waals surface area (Å²) in [6.07, 6.45) is 1.67. The molecule has 0 heterocycles. The Hall–Kier alpha value is -1.62. The Kier molecular flexibility index (Phi) is 5.58. The number of aliphatic carboxylic acids is 1. The van der Waals surface area contributed by atoms with Gasteiger partial charge in [-0.15, -0.1) is 11.8 Å². The van der Waals surface area contributed by atoms with Crippen LogP contribution in [-0.2, 0) is 4.79 Å². The first-order valence-electron chi connectivity index (χ1n) is 5.59. The van der Waals surface area contributed by atoms with E-state index in [1.165, 1.54) is 11.8 Å². The maximum absolute atomic E-state index is 10.6. The van der Waals surface area contributed by atoms with Crippen molar-refractivity contribution in [1.82, 2.24) is 0 Å². The summed E-state index contributed by atoms with van der Waals surface area (Å²) in [5.41, 5.74) is 6.86. The molecule has 98 valence electrons. The van der Waals surface area contributed by atoms with Gasteiger partial charge in [-0.3, -0.25) is 0 Å². The molecule has 1 aromatic rings. The fraction of sp³-hybridized carbons (Fsp3) is 0.308. The predicted octanol–water partition coefficient (Wildman–Crippen LogP) is 2.79. The van der Waals surface area contributed by atoms with Gasteiger partial charge in [-0.25, -0.2) is 4.79 Å². The molecule has 0 aliphatic carbocycles. The fourth-order valence-corrected chi connectivity index (χ4v) is 2.19. The Balaban J connectivity index is 2.69. The first-order chi connectivity index (χ1) is 8.54. The zero-order valence-corrected chi connectivity index (χ0v) is 11.3. The Morgan fingerprint density at radius 2 is 2.28 bits per heavy atom. The van der Waals surface area contributed by atoms with E-state index in [1.54, 1.807) is 19.1 Å². The normalized spacial score (nSPS) is 11.3. The molecule has 0 aliphatic heterocycles. The van der Waals surface area contributed by atoms with Crippen LogP contribution in [0.15, 0.2) is 34.7 Å². The highest BCUT2D eigenvalue weighted by atomic mass is 32.2. The maximum Gasteiger partial charge on any atom is 0.330 e. The van der Waals surface area contributed by atoms with E-state index in [4.69, 9.17) is 15.6 Å². The van der Waals surface area contributed by atoms with Crippen LogP contribution in [0.1, 0.15) is 13.8 Å². The molecule has 0 amide bonds.